The molecule has 3 N–H and O–H groups in total. The molecule has 1 aromatic rings. The lowest BCUT2D eigenvalue weighted by Crippen LogP contribution is -2.48. The van der Waals surface area contributed by atoms with Crippen LogP contribution in [0.2, 0.25) is 0 Å². The first kappa shape index (κ1) is 24.9. The summed E-state index contributed by atoms with van der Waals surface area (Å²) in [5, 5.41) is 2.77. The Balaban J connectivity index is 1.84. The molecule has 2 aliphatic heterocycles. The second-order valence-corrected chi connectivity index (χ2v) is 8.29. The molecule has 2 aliphatic rings. The van der Waals surface area contributed by atoms with Crippen molar-refractivity contribution in [1.82, 2.24) is 15.1 Å². The predicted molar refractivity (Wildman–Crippen MR) is 121 cm³/mol. The van der Waals surface area contributed by atoms with Crippen molar-refractivity contribution in [3.05, 3.63) is 29.8 Å². The van der Waals surface area contributed by atoms with Gasteiger partial charge in [0.25, 0.3) is 5.91 Å². The first-order valence-electron chi connectivity index (χ1n) is 11.3. The molecular weight excluding hydrogens is 428 g/mol. The minimum Gasteiger partial charge on any atom is -0.497 e. The Morgan fingerprint density at radius 3 is 2.61 bits per heavy atom. The Morgan fingerprint density at radius 1 is 1.24 bits per heavy atom. The fourth-order valence-electron chi connectivity index (χ4n) is 4.39. The highest BCUT2D eigenvalue weighted by atomic mass is 16.5. The maximum Gasteiger partial charge on any atom is 0.254 e. The number of benzene rings is 1. The average Bonchev–Trinajstić information content (AvgIpc) is 3.51. The van der Waals surface area contributed by atoms with Crippen molar-refractivity contribution in [2.75, 3.05) is 53.6 Å². The zero-order valence-electron chi connectivity index (χ0n) is 19.3. The summed E-state index contributed by atoms with van der Waals surface area (Å²) < 4.78 is 16.0. The number of carbonyl (C=O) groups excluding carboxylic acids is 3. The van der Waals surface area contributed by atoms with Crippen molar-refractivity contribution in [3.8, 4) is 5.75 Å². The first-order valence-corrected chi connectivity index (χ1v) is 11.3. The van der Waals surface area contributed by atoms with Crippen molar-refractivity contribution in [2.45, 2.75) is 37.5 Å². The van der Waals surface area contributed by atoms with Crippen LogP contribution in [0.1, 0.15) is 29.6 Å². The van der Waals surface area contributed by atoms with Crippen LogP contribution in [0.4, 0.5) is 0 Å². The van der Waals surface area contributed by atoms with Crippen molar-refractivity contribution in [2.24, 2.45) is 5.73 Å². The van der Waals surface area contributed by atoms with Gasteiger partial charge in [0.2, 0.25) is 11.8 Å². The zero-order chi connectivity index (χ0) is 23.8. The lowest BCUT2D eigenvalue weighted by molar-refractivity contribution is -0.141. The van der Waals surface area contributed by atoms with Gasteiger partial charge in [-0.15, -0.1) is 0 Å². The molecule has 3 atom stereocenters. The molecule has 2 saturated heterocycles. The van der Waals surface area contributed by atoms with Gasteiger partial charge in [-0.3, -0.25) is 14.4 Å². The molecule has 3 rings (SSSR count). The highest BCUT2D eigenvalue weighted by Gasteiger charge is 2.43. The summed E-state index contributed by atoms with van der Waals surface area (Å²) >= 11 is 0. The van der Waals surface area contributed by atoms with Crippen molar-refractivity contribution >= 4 is 17.7 Å². The summed E-state index contributed by atoms with van der Waals surface area (Å²) in [5.74, 6) is -0.0744. The monoisotopic (exact) mass is 462 g/mol. The number of nitrogens with two attached hydrogens (primary N) is 1. The van der Waals surface area contributed by atoms with Crippen LogP contribution in [0.3, 0.4) is 0 Å². The molecule has 0 bridgehead atoms. The summed E-state index contributed by atoms with van der Waals surface area (Å²) in [5.41, 5.74) is 6.03. The number of nitrogens with zero attached hydrogens (tertiary/aromatic N) is 2. The van der Waals surface area contributed by atoms with Gasteiger partial charge in [-0.2, -0.15) is 0 Å². The topological polar surface area (TPSA) is 123 Å². The van der Waals surface area contributed by atoms with E-state index in [0.29, 0.717) is 44.0 Å². The highest BCUT2D eigenvalue weighted by Crippen LogP contribution is 2.27. The fourth-order valence-corrected chi connectivity index (χ4v) is 4.39. The fraction of sp³-hybridized carbons (Fsp3) is 0.609. The number of methoxy groups -OCH3 is 2. The second kappa shape index (κ2) is 12.0. The lowest BCUT2D eigenvalue weighted by atomic mass is 10.1. The molecule has 2 heterocycles. The predicted octanol–water partition coefficient (Wildman–Crippen LogP) is 0.00720. The molecule has 0 aromatic heterocycles. The number of hydrogen-bond acceptors (Lipinski definition) is 7. The molecule has 0 radical (unpaired) electrons. The molecule has 10 nitrogen and oxygen atoms in total. The van der Waals surface area contributed by atoms with Gasteiger partial charge in [-0.05, 0) is 43.5 Å². The first-order chi connectivity index (χ1) is 16.0. The second-order valence-electron chi connectivity index (χ2n) is 8.29. The van der Waals surface area contributed by atoms with E-state index in [-0.39, 0.29) is 43.0 Å². The third-order valence-electron chi connectivity index (χ3n) is 6.08. The van der Waals surface area contributed by atoms with Crippen LogP contribution >= 0.6 is 0 Å². The van der Waals surface area contributed by atoms with Crippen LogP contribution in [-0.4, -0.2) is 99.3 Å². The van der Waals surface area contributed by atoms with E-state index >= 15 is 0 Å². The van der Waals surface area contributed by atoms with E-state index in [0.717, 1.165) is 12.8 Å². The molecule has 1 aromatic carbocycles. The van der Waals surface area contributed by atoms with Crippen molar-refractivity contribution < 1.29 is 28.6 Å². The molecule has 0 spiro atoms. The van der Waals surface area contributed by atoms with E-state index in [2.05, 4.69) is 5.32 Å². The molecule has 2 fully saturated rings. The van der Waals surface area contributed by atoms with Crippen LogP contribution in [-0.2, 0) is 19.1 Å². The maximum absolute atomic E-state index is 13.6. The van der Waals surface area contributed by atoms with Gasteiger partial charge in [0.1, 0.15) is 18.4 Å². The summed E-state index contributed by atoms with van der Waals surface area (Å²) in [6, 6.07) is 5.89. The maximum atomic E-state index is 13.6. The summed E-state index contributed by atoms with van der Waals surface area (Å²) in [4.78, 5) is 42.3. The van der Waals surface area contributed by atoms with E-state index in [1.807, 2.05) is 0 Å². The molecule has 10 heteroatoms. The minimum atomic E-state index is -0.695. The van der Waals surface area contributed by atoms with Gasteiger partial charge in [0.05, 0.1) is 19.3 Å². The average molecular weight is 463 g/mol. The largest absolute Gasteiger partial charge is 0.497 e. The van der Waals surface area contributed by atoms with Crippen molar-refractivity contribution in [1.29, 1.82) is 0 Å². The number of likely N-dealkylation sites (tertiary alicyclic amines) is 1. The normalized spacial score (nSPS) is 22.3. The minimum absolute atomic E-state index is 0.0690. The number of carbonyl (C=O) groups is 3. The molecule has 3 amide bonds. The van der Waals surface area contributed by atoms with E-state index in [1.54, 1.807) is 36.3 Å². The molecule has 33 heavy (non-hydrogen) atoms. The number of rotatable bonds is 10. The van der Waals surface area contributed by atoms with Crippen LogP contribution in [0, 0.1) is 0 Å². The van der Waals surface area contributed by atoms with E-state index in [4.69, 9.17) is 19.9 Å². The van der Waals surface area contributed by atoms with Crippen LogP contribution < -0.4 is 15.8 Å². The molecule has 3 unspecified atom stereocenters. The van der Waals surface area contributed by atoms with Crippen LogP contribution in [0.15, 0.2) is 24.3 Å². The third kappa shape index (κ3) is 6.21. The van der Waals surface area contributed by atoms with E-state index in [9.17, 15) is 14.4 Å². The molecule has 0 aliphatic carbocycles. The van der Waals surface area contributed by atoms with Gasteiger partial charge in [-0.25, -0.2) is 0 Å². The Bertz CT molecular complexity index is 812. The van der Waals surface area contributed by atoms with Gasteiger partial charge < -0.3 is 35.1 Å². The van der Waals surface area contributed by atoms with Gasteiger partial charge >= 0.3 is 0 Å². The zero-order valence-corrected chi connectivity index (χ0v) is 19.3. The molecule has 0 saturated carbocycles. The van der Waals surface area contributed by atoms with Gasteiger partial charge in [0.15, 0.2) is 0 Å². The van der Waals surface area contributed by atoms with Crippen molar-refractivity contribution in [3.63, 3.8) is 0 Å². The quantitative estimate of drug-likeness (QED) is 0.502. The van der Waals surface area contributed by atoms with Crippen LogP contribution in [0.25, 0.3) is 0 Å². The summed E-state index contributed by atoms with van der Waals surface area (Å²) in [6.45, 7) is 1.80. The Kier molecular flexibility index (Phi) is 9.04. The SMILES string of the molecule is COCC(=O)N1CC(N(CC2CCCO2)C(=O)c2ccc(OC)cc2)CC1C(=O)NCCN. The van der Waals surface area contributed by atoms with Crippen LogP contribution in [0.5, 0.6) is 5.75 Å². The number of ether oxygens (including phenoxy) is 3. The summed E-state index contributed by atoms with van der Waals surface area (Å²) in [6.07, 6.45) is 2.08. The Hall–Kier alpha value is -2.69. The third-order valence-corrected chi connectivity index (χ3v) is 6.08. The van der Waals surface area contributed by atoms with E-state index < -0.39 is 6.04 Å². The number of nitrogens with one attached hydrogen (secondary N) is 1. The van der Waals surface area contributed by atoms with Gasteiger partial charge in [-0.1, -0.05) is 0 Å². The Morgan fingerprint density at radius 2 is 2.00 bits per heavy atom. The number of hydrogen-bond donors (Lipinski definition) is 2. The lowest BCUT2D eigenvalue weighted by Gasteiger charge is -2.31. The molecule has 182 valence electrons. The molecular formula is C23H34N4O6. The standard InChI is InChI=1S/C23H34N4O6/c1-31-15-21(28)27-13-17(12-20(27)22(29)25-10-9-24)26(14-19-4-3-11-33-19)23(30)16-5-7-18(32-2)8-6-16/h5-8,17,19-20H,3-4,9-15,24H2,1-2H3,(H,25,29). The highest BCUT2D eigenvalue weighted by molar-refractivity contribution is 5.95. The summed E-state index contributed by atoms with van der Waals surface area (Å²) in [7, 11) is 3.01. The van der Waals surface area contributed by atoms with E-state index in [1.165, 1.54) is 12.0 Å². The smallest absolute Gasteiger partial charge is 0.254 e. The Labute approximate surface area is 194 Å². The number of amides is 3. The van der Waals surface area contributed by atoms with Gasteiger partial charge in [0, 0.05) is 45.5 Å².